The van der Waals surface area contributed by atoms with E-state index < -0.39 is 0 Å². The van der Waals surface area contributed by atoms with E-state index in [-0.39, 0.29) is 0 Å². The maximum atomic E-state index is 5.31. The zero-order chi connectivity index (χ0) is 15.5. The maximum Gasteiger partial charge on any atom is 0.124 e. The average Bonchev–Trinajstić information content (AvgIpc) is 2.55. The topological polar surface area (TPSA) is 43.4 Å². The predicted octanol–water partition coefficient (Wildman–Crippen LogP) is 4.30. The van der Waals surface area contributed by atoms with Crippen LogP contribution in [0, 0.1) is 6.92 Å². The first kappa shape index (κ1) is 14.2. The standard InChI is InChI=1S/C18H18N2O2/c1-12-5-4-6-16-17(7-8-19-18(12)16)20-13-9-14(21-2)11-15(10-13)22-3/h4-11H,1-3H3,(H,19,20). The fourth-order valence-electron chi connectivity index (χ4n) is 2.47. The summed E-state index contributed by atoms with van der Waals surface area (Å²) in [5.41, 5.74) is 4.07. The van der Waals surface area contributed by atoms with Crippen LogP contribution in [0.25, 0.3) is 10.9 Å². The molecule has 4 nitrogen and oxygen atoms in total. The van der Waals surface area contributed by atoms with Gasteiger partial charge in [0.2, 0.25) is 0 Å². The molecule has 1 N–H and O–H groups in total. The second-order valence-electron chi connectivity index (χ2n) is 5.06. The highest BCUT2D eigenvalue weighted by Crippen LogP contribution is 2.31. The van der Waals surface area contributed by atoms with Crippen LogP contribution < -0.4 is 14.8 Å². The molecule has 0 aliphatic heterocycles. The number of para-hydroxylation sites is 1. The van der Waals surface area contributed by atoms with Gasteiger partial charge in [-0.2, -0.15) is 0 Å². The number of rotatable bonds is 4. The summed E-state index contributed by atoms with van der Waals surface area (Å²) in [5, 5.41) is 4.51. The summed E-state index contributed by atoms with van der Waals surface area (Å²) in [5.74, 6) is 1.49. The number of methoxy groups -OCH3 is 2. The Morgan fingerprint density at radius 2 is 1.68 bits per heavy atom. The fraction of sp³-hybridized carbons (Fsp3) is 0.167. The average molecular weight is 294 g/mol. The second-order valence-corrected chi connectivity index (χ2v) is 5.06. The molecule has 0 saturated heterocycles. The molecule has 3 rings (SSSR count). The molecule has 0 atom stereocenters. The van der Waals surface area contributed by atoms with Gasteiger partial charge in [0.25, 0.3) is 0 Å². The third kappa shape index (κ3) is 2.68. The number of hydrogen-bond donors (Lipinski definition) is 1. The summed E-state index contributed by atoms with van der Waals surface area (Å²) in [7, 11) is 3.29. The zero-order valence-electron chi connectivity index (χ0n) is 12.9. The van der Waals surface area contributed by atoms with Crippen LogP contribution in [0.1, 0.15) is 5.56 Å². The van der Waals surface area contributed by atoms with Gasteiger partial charge in [-0.3, -0.25) is 4.98 Å². The van der Waals surface area contributed by atoms with E-state index in [0.717, 1.165) is 39.3 Å². The number of pyridine rings is 1. The number of anilines is 2. The third-order valence-corrected chi connectivity index (χ3v) is 3.60. The lowest BCUT2D eigenvalue weighted by molar-refractivity contribution is 0.395. The van der Waals surface area contributed by atoms with Crippen LogP contribution in [0.2, 0.25) is 0 Å². The first-order chi connectivity index (χ1) is 10.7. The van der Waals surface area contributed by atoms with E-state index in [2.05, 4.69) is 29.4 Å². The highest BCUT2D eigenvalue weighted by atomic mass is 16.5. The van der Waals surface area contributed by atoms with E-state index in [1.54, 1.807) is 14.2 Å². The SMILES string of the molecule is COc1cc(Nc2ccnc3c(C)cccc23)cc(OC)c1. The van der Waals surface area contributed by atoms with Crippen molar-refractivity contribution in [1.82, 2.24) is 4.98 Å². The Balaban J connectivity index is 2.05. The van der Waals surface area contributed by atoms with Gasteiger partial charge in [0.15, 0.2) is 0 Å². The third-order valence-electron chi connectivity index (χ3n) is 3.60. The molecule has 0 amide bonds. The Morgan fingerprint density at radius 3 is 2.36 bits per heavy atom. The first-order valence-electron chi connectivity index (χ1n) is 7.05. The lowest BCUT2D eigenvalue weighted by atomic mass is 10.1. The largest absolute Gasteiger partial charge is 0.497 e. The molecule has 0 spiro atoms. The minimum absolute atomic E-state index is 0.747. The molecule has 1 heterocycles. The van der Waals surface area contributed by atoms with Gasteiger partial charge in [0, 0.05) is 41.2 Å². The molecular weight excluding hydrogens is 276 g/mol. The van der Waals surface area contributed by atoms with Gasteiger partial charge in [0.05, 0.1) is 19.7 Å². The molecule has 3 aromatic rings. The minimum Gasteiger partial charge on any atom is -0.497 e. The lowest BCUT2D eigenvalue weighted by Crippen LogP contribution is -1.95. The van der Waals surface area contributed by atoms with Crippen LogP contribution in [0.15, 0.2) is 48.7 Å². The van der Waals surface area contributed by atoms with E-state index in [4.69, 9.17) is 9.47 Å². The molecule has 1 aromatic heterocycles. The summed E-state index contributed by atoms with van der Waals surface area (Å²) >= 11 is 0. The summed E-state index contributed by atoms with van der Waals surface area (Å²) < 4.78 is 10.6. The van der Waals surface area contributed by atoms with Crippen molar-refractivity contribution in [3.8, 4) is 11.5 Å². The quantitative estimate of drug-likeness (QED) is 0.779. The number of aryl methyl sites for hydroxylation is 1. The van der Waals surface area contributed by atoms with Crippen molar-refractivity contribution in [2.24, 2.45) is 0 Å². The number of nitrogens with zero attached hydrogens (tertiary/aromatic N) is 1. The Bertz CT molecular complexity index is 793. The van der Waals surface area contributed by atoms with Crippen LogP contribution in [0.5, 0.6) is 11.5 Å². The predicted molar refractivity (Wildman–Crippen MR) is 89.3 cm³/mol. The van der Waals surface area contributed by atoms with E-state index >= 15 is 0 Å². The Kier molecular flexibility index (Phi) is 3.83. The molecule has 0 bridgehead atoms. The monoisotopic (exact) mass is 294 g/mol. The van der Waals surface area contributed by atoms with Gasteiger partial charge < -0.3 is 14.8 Å². The van der Waals surface area contributed by atoms with E-state index in [1.165, 1.54) is 0 Å². The van der Waals surface area contributed by atoms with Crippen molar-refractivity contribution in [2.45, 2.75) is 6.92 Å². The highest BCUT2D eigenvalue weighted by molar-refractivity contribution is 5.94. The van der Waals surface area contributed by atoms with Gasteiger partial charge in [-0.1, -0.05) is 18.2 Å². The molecule has 0 unspecified atom stereocenters. The lowest BCUT2D eigenvalue weighted by Gasteiger charge is -2.13. The molecule has 0 fully saturated rings. The van der Waals surface area contributed by atoms with Crippen LogP contribution >= 0.6 is 0 Å². The van der Waals surface area contributed by atoms with E-state index in [0.29, 0.717) is 0 Å². The maximum absolute atomic E-state index is 5.31. The van der Waals surface area contributed by atoms with Crippen LogP contribution in [0.4, 0.5) is 11.4 Å². The smallest absolute Gasteiger partial charge is 0.124 e. The number of hydrogen-bond acceptors (Lipinski definition) is 4. The highest BCUT2D eigenvalue weighted by Gasteiger charge is 2.06. The Hall–Kier alpha value is -2.75. The van der Waals surface area contributed by atoms with Gasteiger partial charge in [-0.15, -0.1) is 0 Å². The molecular formula is C18H18N2O2. The van der Waals surface area contributed by atoms with Crippen molar-refractivity contribution in [3.05, 3.63) is 54.2 Å². The number of fused-ring (bicyclic) bond motifs is 1. The van der Waals surface area contributed by atoms with Crippen molar-refractivity contribution < 1.29 is 9.47 Å². The zero-order valence-corrected chi connectivity index (χ0v) is 12.9. The summed E-state index contributed by atoms with van der Waals surface area (Å²) in [4.78, 5) is 4.46. The van der Waals surface area contributed by atoms with Gasteiger partial charge in [-0.05, 0) is 18.6 Å². The fourth-order valence-corrected chi connectivity index (χ4v) is 2.47. The molecule has 22 heavy (non-hydrogen) atoms. The number of nitrogens with one attached hydrogen (secondary N) is 1. The van der Waals surface area contributed by atoms with Crippen molar-refractivity contribution in [3.63, 3.8) is 0 Å². The van der Waals surface area contributed by atoms with Gasteiger partial charge in [-0.25, -0.2) is 0 Å². The first-order valence-corrected chi connectivity index (χ1v) is 7.05. The molecule has 0 saturated carbocycles. The van der Waals surface area contributed by atoms with Gasteiger partial charge in [0.1, 0.15) is 11.5 Å². The molecule has 0 aliphatic rings. The molecule has 0 radical (unpaired) electrons. The Morgan fingerprint density at radius 1 is 0.955 bits per heavy atom. The van der Waals surface area contributed by atoms with Crippen LogP contribution in [-0.4, -0.2) is 19.2 Å². The van der Waals surface area contributed by atoms with Crippen molar-refractivity contribution in [1.29, 1.82) is 0 Å². The molecule has 4 heteroatoms. The molecule has 2 aromatic carbocycles. The van der Waals surface area contributed by atoms with Gasteiger partial charge >= 0.3 is 0 Å². The van der Waals surface area contributed by atoms with Crippen LogP contribution in [0.3, 0.4) is 0 Å². The molecule has 0 aliphatic carbocycles. The van der Waals surface area contributed by atoms with Crippen molar-refractivity contribution in [2.75, 3.05) is 19.5 Å². The van der Waals surface area contributed by atoms with E-state index in [9.17, 15) is 0 Å². The minimum atomic E-state index is 0.747. The van der Waals surface area contributed by atoms with Crippen LogP contribution in [-0.2, 0) is 0 Å². The van der Waals surface area contributed by atoms with E-state index in [1.807, 2.05) is 36.5 Å². The summed E-state index contributed by atoms with van der Waals surface area (Å²) in [6.45, 7) is 2.06. The van der Waals surface area contributed by atoms with Crippen molar-refractivity contribution >= 4 is 22.3 Å². The second kappa shape index (κ2) is 5.93. The number of ether oxygens (including phenoxy) is 2. The molecule has 112 valence electrons. The number of aromatic nitrogens is 1. The number of benzene rings is 2. The normalized spacial score (nSPS) is 10.5. The summed E-state index contributed by atoms with van der Waals surface area (Å²) in [6.07, 6.45) is 1.81. The Labute approximate surface area is 129 Å². The summed E-state index contributed by atoms with van der Waals surface area (Å²) in [6, 6.07) is 13.8.